The van der Waals surface area contributed by atoms with E-state index in [0.717, 1.165) is 25.8 Å². The topological polar surface area (TPSA) is 79.4 Å². The number of sulfonamides is 1. The zero-order valence-electron chi connectivity index (χ0n) is 15.3. The first-order chi connectivity index (χ1) is 12.2. The first-order valence-corrected chi connectivity index (χ1v) is 10.5. The average molecular weight is 394 g/mol. The fraction of sp³-hybridized carbons (Fsp3) is 0.333. The molecule has 0 bridgehead atoms. The highest BCUT2D eigenvalue weighted by Gasteiger charge is 2.25. The van der Waals surface area contributed by atoms with Crippen molar-refractivity contribution in [2.45, 2.75) is 33.7 Å². The summed E-state index contributed by atoms with van der Waals surface area (Å²) in [6, 6.07) is 8.79. The second-order valence-corrected chi connectivity index (χ2v) is 9.08. The molecule has 26 heavy (non-hydrogen) atoms. The van der Waals surface area contributed by atoms with E-state index in [1.807, 2.05) is 44.2 Å². The van der Waals surface area contributed by atoms with Crippen molar-refractivity contribution < 1.29 is 13.2 Å². The molecule has 2 rings (SSSR count). The van der Waals surface area contributed by atoms with Gasteiger partial charge in [0.2, 0.25) is 15.9 Å². The minimum absolute atomic E-state index is 0.267. The van der Waals surface area contributed by atoms with E-state index in [0.29, 0.717) is 5.13 Å². The van der Waals surface area contributed by atoms with Gasteiger partial charge in [0, 0.05) is 16.3 Å². The summed E-state index contributed by atoms with van der Waals surface area (Å²) in [6.07, 6.45) is 1.52. The lowest BCUT2D eigenvalue weighted by Gasteiger charge is -2.23. The van der Waals surface area contributed by atoms with E-state index in [9.17, 15) is 13.2 Å². The van der Waals surface area contributed by atoms with Crippen molar-refractivity contribution in [3.05, 3.63) is 51.9 Å². The Morgan fingerprint density at radius 1 is 1.27 bits per heavy atom. The summed E-state index contributed by atoms with van der Waals surface area (Å²) in [4.78, 5) is 17.6. The molecule has 1 amide bonds. The molecule has 0 atom stereocenters. The van der Waals surface area contributed by atoms with E-state index in [1.54, 1.807) is 13.8 Å². The van der Waals surface area contributed by atoms with Gasteiger partial charge < -0.3 is 5.32 Å². The first kappa shape index (κ1) is 20.3. The Bertz CT molecular complexity index is 868. The van der Waals surface area contributed by atoms with Gasteiger partial charge in [-0.3, -0.25) is 4.79 Å². The zero-order chi connectivity index (χ0) is 19.3. The number of rotatable bonds is 7. The van der Waals surface area contributed by atoms with Gasteiger partial charge in [-0.15, -0.1) is 11.3 Å². The largest absolute Gasteiger partial charge is 0.301 e. The lowest BCUT2D eigenvalue weighted by atomic mass is 10.2. The van der Waals surface area contributed by atoms with Gasteiger partial charge >= 0.3 is 0 Å². The number of hydrogen-bond acceptors (Lipinski definition) is 5. The molecule has 0 radical (unpaired) electrons. The van der Waals surface area contributed by atoms with Crippen LogP contribution in [0.1, 0.15) is 30.0 Å². The number of benzene rings is 1. The van der Waals surface area contributed by atoms with Gasteiger partial charge in [0.05, 0.1) is 12.2 Å². The maximum Gasteiger partial charge on any atom is 0.241 e. The van der Waals surface area contributed by atoms with Gasteiger partial charge in [-0.2, -0.15) is 4.31 Å². The number of amides is 1. The van der Waals surface area contributed by atoms with Gasteiger partial charge in [-0.25, -0.2) is 13.4 Å². The Labute approximate surface area is 158 Å². The van der Waals surface area contributed by atoms with E-state index in [4.69, 9.17) is 0 Å². The molecule has 0 aliphatic rings. The molecule has 0 aliphatic heterocycles. The Morgan fingerprint density at radius 2 is 1.92 bits per heavy atom. The summed E-state index contributed by atoms with van der Waals surface area (Å²) in [5, 5.41) is 4.28. The molecule has 6 nitrogen and oxygen atoms in total. The average Bonchev–Trinajstić information content (AvgIpc) is 2.89. The van der Waals surface area contributed by atoms with Gasteiger partial charge in [0.25, 0.3) is 0 Å². The van der Waals surface area contributed by atoms with E-state index in [1.165, 1.54) is 17.4 Å². The Morgan fingerprint density at radius 3 is 2.46 bits per heavy atom. The van der Waals surface area contributed by atoms with Crippen molar-refractivity contribution in [2.75, 3.05) is 11.9 Å². The predicted molar refractivity (Wildman–Crippen MR) is 106 cm³/mol. The van der Waals surface area contributed by atoms with E-state index < -0.39 is 15.9 Å². The molecule has 8 heteroatoms. The number of thiazole rings is 1. The molecule has 1 heterocycles. The number of carbonyl (C=O) groups excluding carboxylic acids is 1. The molecule has 0 aliphatic carbocycles. The van der Waals surface area contributed by atoms with Crippen molar-refractivity contribution in [3.63, 3.8) is 0 Å². The van der Waals surface area contributed by atoms with Crippen LogP contribution in [-0.4, -0.2) is 36.2 Å². The second kappa shape index (κ2) is 8.57. The molecule has 0 saturated heterocycles. The standard InChI is InChI=1S/C18H23N3O3S2/c1-13(2)21(12-17(22)20-18-19-14(3)15(4)25-18)26(23,24)11-10-16-8-6-5-7-9-16/h5-11,13H,12H2,1-4H3,(H,19,20,22)/b11-10+. The van der Waals surface area contributed by atoms with Crippen LogP contribution >= 0.6 is 11.3 Å². The van der Waals surface area contributed by atoms with Crippen molar-refractivity contribution in [1.29, 1.82) is 0 Å². The normalized spacial score (nSPS) is 12.2. The number of nitrogens with one attached hydrogen (secondary N) is 1. The molecule has 1 N–H and O–H groups in total. The number of carbonyl (C=O) groups is 1. The van der Waals surface area contributed by atoms with E-state index in [2.05, 4.69) is 10.3 Å². The molecule has 2 aromatic rings. The third-order valence-corrected chi connectivity index (χ3v) is 6.38. The smallest absolute Gasteiger partial charge is 0.241 e. The molecule has 0 fully saturated rings. The minimum Gasteiger partial charge on any atom is -0.301 e. The number of aromatic nitrogens is 1. The second-order valence-electron chi connectivity index (χ2n) is 6.11. The Hall–Kier alpha value is -2.03. The lowest BCUT2D eigenvalue weighted by molar-refractivity contribution is -0.116. The van der Waals surface area contributed by atoms with Gasteiger partial charge in [0.1, 0.15) is 0 Å². The Kier molecular flexibility index (Phi) is 6.69. The Balaban J connectivity index is 2.11. The van der Waals surface area contributed by atoms with Crippen molar-refractivity contribution in [1.82, 2.24) is 9.29 Å². The first-order valence-electron chi connectivity index (χ1n) is 8.18. The third-order valence-electron chi connectivity index (χ3n) is 3.71. The maximum absolute atomic E-state index is 12.6. The van der Waals surface area contributed by atoms with Crippen molar-refractivity contribution in [2.24, 2.45) is 0 Å². The predicted octanol–water partition coefficient (Wildman–Crippen LogP) is 3.41. The summed E-state index contributed by atoms with van der Waals surface area (Å²) < 4.78 is 26.4. The molecule has 0 spiro atoms. The van der Waals surface area contributed by atoms with Crippen LogP contribution in [0.25, 0.3) is 6.08 Å². The number of anilines is 1. The van der Waals surface area contributed by atoms with Gasteiger partial charge in [-0.1, -0.05) is 30.3 Å². The van der Waals surface area contributed by atoms with E-state index in [-0.39, 0.29) is 12.6 Å². The van der Waals surface area contributed by atoms with Crippen LogP contribution < -0.4 is 5.32 Å². The fourth-order valence-corrected chi connectivity index (χ4v) is 4.40. The molecule has 0 unspecified atom stereocenters. The monoisotopic (exact) mass is 393 g/mol. The highest BCUT2D eigenvalue weighted by Crippen LogP contribution is 2.21. The third kappa shape index (κ3) is 5.48. The fourth-order valence-electron chi connectivity index (χ4n) is 2.20. The molecular formula is C18H23N3O3S2. The molecule has 140 valence electrons. The van der Waals surface area contributed by atoms with Crippen LogP contribution in [0.15, 0.2) is 35.7 Å². The van der Waals surface area contributed by atoms with Crippen LogP contribution in [0, 0.1) is 13.8 Å². The molecule has 1 aromatic heterocycles. The number of aryl methyl sites for hydroxylation is 2. The molecular weight excluding hydrogens is 370 g/mol. The van der Waals surface area contributed by atoms with Crippen molar-refractivity contribution in [3.8, 4) is 0 Å². The van der Waals surface area contributed by atoms with Crippen molar-refractivity contribution >= 4 is 38.5 Å². The highest BCUT2D eigenvalue weighted by atomic mass is 32.2. The van der Waals surface area contributed by atoms with E-state index >= 15 is 0 Å². The van der Waals surface area contributed by atoms with Crippen LogP contribution in [0.4, 0.5) is 5.13 Å². The van der Waals surface area contributed by atoms with Crippen LogP contribution in [-0.2, 0) is 14.8 Å². The van der Waals surface area contributed by atoms with Crippen LogP contribution in [0.3, 0.4) is 0 Å². The maximum atomic E-state index is 12.6. The molecule has 0 saturated carbocycles. The number of hydrogen-bond donors (Lipinski definition) is 1. The summed E-state index contributed by atoms with van der Waals surface area (Å²) in [5.41, 5.74) is 1.63. The summed E-state index contributed by atoms with van der Waals surface area (Å²) >= 11 is 1.37. The zero-order valence-corrected chi connectivity index (χ0v) is 16.9. The molecule has 1 aromatic carbocycles. The minimum atomic E-state index is -3.74. The SMILES string of the molecule is Cc1nc(NC(=O)CN(C(C)C)S(=O)(=O)/C=C/c2ccccc2)sc1C. The summed E-state index contributed by atoms with van der Waals surface area (Å²) in [5.74, 6) is -0.413. The summed E-state index contributed by atoms with van der Waals surface area (Å²) in [6.45, 7) is 6.98. The highest BCUT2D eigenvalue weighted by molar-refractivity contribution is 7.92. The van der Waals surface area contributed by atoms with Crippen LogP contribution in [0.5, 0.6) is 0 Å². The van der Waals surface area contributed by atoms with Gasteiger partial charge in [-0.05, 0) is 39.3 Å². The van der Waals surface area contributed by atoms with Gasteiger partial charge in [0.15, 0.2) is 5.13 Å². The quantitative estimate of drug-likeness (QED) is 0.782. The summed E-state index contributed by atoms with van der Waals surface area (Å²) in [7, 11) is -3.74. The number of nitrogens with zero attached hydrogens (tertiary/aromatic N) is 2. The lowest BCUT2D eigenvalue weighted by Crippen LogP contribution is -2.41. The van der Waals surface area contributed by atoms with Crippen LogP contribution in [0.2, 0.25) is 0 Å².